The van der Waals surface area contributed by atoms with E-state index in [4.69, 9.17) is 26.8 Å². The van der Waals surface area contributed by atoms with Gasteiger partial charge in [0.25, 0.3) is 0 Å². The molecule has 0 saturated heterocycles. The lowest BCUT2D eigenvalue weighted by molar-refractivity contribution is -0.144. The molecule has 0 bridgehead atoms. The molecule has 0 fully saturated rings. The van der Waals surface area contributed by atoms with Crippen molar-refractivity contribution in [3.8, 4) is 0 Å². The van der Waals surface area contributed by atoms with Gasteiger partial charge in [0.05, 0.1) is 12.6 Å². The Morgan fingerprint density at radius 1 is 0.812 bits per heavy atom. The average molecular weight is 461 g/mol. The van der Waals surface area contributed by atoms with Gasteiger partial charge in [0, 0.05) is 12.8 Å². The van der Waals surface area contributed by atoms with Gasteiger partial charge in [0.2, 0.25) is 23.6 Å². The number of nitrogens with two attached hydrogens (primary N) is 2. The second-order valence-electron chi connectivity index (χ2n) is 7.42. The molecular formula is C18H31N5O9. The predicted molar refractivity (Wildman–Crippen MR) is 109 cm³/mol. The van der Waals surface area contributed by atoms with Crippen LogP contribution < -0.4 is 27.4 Å². The van der Waals surface area contributed by atoms with Crippen LogP contribution in [0.5, 0.6) is 0 Å². The maximum Gasteiger partial charge on any atom is 0.328 e. The van der Waals surface area contributed by atoms with Gasteiger partial charge in [-0.1, -0.05) is 13.8 Å². The van der Waals surface area contributed by atoms with Crippen LogP contribution in [0.15, 0.2) is 0 Å². The highest BCUT2D eigenvalue weighted by Gasteiger charge is 2.31. The molecule has 0 aromatic rings. The molecule has 0 aliphatic heterocycles. The molecule has 0 aromatic carbocycles. The van der Waals surface area contributed by atoms with Crippen LogP contribution in [0.4, 0.5) is 0 Å². The Hall–Kier alpha value is -3.26. The molecule has 4 unspecified atom stereocenters. The van der Waals surface area contributed by atoms with Gasteiger partial charge >= 0.3 is 11.9 Å². The molecular weight excluding hydrogens is 430 g/mol. The van der Waals surface area contributed by atoms with Gasteiger partial charge in [-0.15, -0.1) is 0 Å². The zero-order valence-corrected chi connectivity index (χ0v) is 17.9. The fourth-order valence-electron chi connectivity index (χ4n) is 2.48. The van der Waals surface area contributed by atoms with Crippen molar-refractivity contribution in [3.05, 3.63) is 0 Å². The summed E-state index contributed by atoms with van der Waals surface area (Å²) >= 11 is 0. The first-order valence-electron chi connectivity index (χ1n) is 9.80. The third-order valence-electron chi connectivity index (χ3n) is 4.36. The molecule has 4 atom stereocenters. The Kier molecular flexibility index (Phi) is 12.5. The van der Waals surface area contributed by atoms with E-state index in [0.717, 1.165) is 0 Å². The van der Waals surface area contributed by atoms with Crippen LogP contribution in [0.1, 0.15) is 39.5 Å². The fraction of sp³-hybridized carbons (Fsp3) is 0.667. The van der Waals surface area contributed by atoms with Crippen LogP contribution in [0.3, 0.4) is 0 Å². The molecule has 0 heterocycles. The van der Waals surface area contributed by atoms with Gasteiger partial charge in [-0.05, 0) is 18.8 Å². The number of aliphatic hydroxyl groups excluding tert-OH is 1. The standard InChI is InChI=1S/C18H31N5O9/c1-8(2)14(23-15(28)9(19)3-5-12(20)25)17(30)21-10(4-6-13(26)27)16(29)22-11(7-24)18(31)32/h8-11,14,24H,3-7,19H2,1-2H3,(H2,20,25)(H,21,30)(H,22,29)(H,23,28)(H,26,27)(H,31,32). The van der Waals surface area contributed by atoms with Crippen LogP contribution in [0.2, 0.25) is 0 Å². The number of aliphatic hydroxyl groups is 1. The molecule has 10 N–H and O–H groups in total. The molecule has 0 rings (SSSR count). The quantitative estimate of drug-likeness (QED) is 0.120. The van der Waals surface area contributed by atoms with Crippen molar-refractivity contribution in [1.29, 1.82) is 0 Å². The number of carboxylic acids is 2. The minimum atomic E-state index is -1.66. The summed E-state index contributed by atoms with van der Waals surface area (Å²) in [4.78, 5) is 70.1. The van der Waals surface area contributed by atoms with E-state index in [1.165, 1.54) is 0 Å². The van der Waals surface area contributed by atoms with Crippen molar-refractivity contribution < 1.29 is 44.1 Å². The third-order valence-corrected chi connectivity index (χ3v) is 4.36. The minimum absolute atomic E-state index is 0.0466. The number of carbonyl (C=O) groups excluding carboxylic acids is 4. The highest BCUT2D eigenvalue weighted by molar-refractivity contribution is 5.94. The van der Waals surface area contributed by atoms with E-state index in [1.54, 1.807) is 13.8 Å². The molecule has 32 heavy (non-hydrogen) atoms. The van der Waals surface area contributed by atoms with Gasteiger partial charge in [0.15, 0.2) is 0 Å². The molecule has 4 amide bonds. The Bertz CT molecular complexity index is 713. The van der Waals surface area contributed by atoms with Gasteiger partial charge in [-0.3, -0.25) is 24.0 Å². The van der Waals surface area contributed by atoms with Crippen molar-refractivity contribution in [1.82, 2.24) is 16.0 Å². The van der Waals surface area contributed by atoms with E-state index in [2.05, 4.69) is 10.6 Å². The number of nitrogens with one attached hydrogen (secondary N) is 3. The summed E-state index contributed by atoms with van der Waals surface area (Å²) in [6.07, 6.45) is -1.08. The minimum Gasteiger partial charge on any atom is -0.481 e. The number of amides is 4. The van der Waals surface area contributed by atoms with E-state index >= 15 is 0 Å². The number of carboxylic acid groups (broad SMARTS) is 2. The molecule has 0 aliphatic carbocycles. The monoisotopic (exact) mass is 461 g/mol. The first-order valence-corrected chi connectivity index (χ1v) is 9.80. The summed E-state index contributed by atoms with van der Waals surface area (Å²) in [6, 6.07) is -5.40. The fourth-order valence-corrected chi connectivity index (χ4v) is 2.48. The topological polar surface area (TPSA) is 251 Å². The summed E-state index contributed by atoms with van der Waals surface area (Å²) in [5.74, 6) is -6.51. The normalized spacial score (nSPS) is 14.5. The lowest BCUT2D eigenvalue weighted by Gasteiger charge is -2.26. The highest BCUT2D eigenvalue weighted by Crippen LogP contribution is 2.07. The number of primary amides is 1. The Morgan fingerprint density at radius 3 is 1.81 bits per heavy atom. The van der Waals surface area contributed by atoms with E-state index in [-0.39, 0.29) is 19.3 Å². The van der Waals surface area contributed by atoms with E-state index in [0.29, 0.717) is 0 Å². The Labute approximate surface area is 184 Å². The lowest BCUT2D eigenvalue weighted by Crippen LogP contribution is -2.58. The van der Waals surface area contributed by atoms with Gasteiger partial charge in [-0.2, -0.15) is 0 Å². The smallest absolute Gasteiger partial charge is 0.328 e. The molecule has 0 radical (unpaired) electrons. The number of carbonyl (C=O) groups is 6. The summed E-state index contributed by atoms with van der Waals surface area (Å²) in [7, 11) is 0. The number of hydrogen-bond donors (Lipinski definition) is 8. The first-order chi connectivity index (χ1) is 14.8. The highest BCUT2D eigenvalue weighted by atomic mass is 16.4. The Balaban J connectivity index is 5.37. The van der Waals surface area contributed by atoms with Crippen molar-refractivity contribution in [2.75, 3.05) is 6.61 Å². The van der Waals surface area contributed by atoms with Crippen molar-refractivity contribution >= 4 is 35.6 Å². The van der Waals surface area contributed by atoms with Gasteiger partial charge in [0.1, 0.15) is 18.1 Å². The van der Waals surface area contributed by atoms with Crippen LogP contribution in [-0.4, -0.2) is 81.7 Å². The van der Waals surface area contributed by atoms with E-state index in [1.807, 2.05) is 5.32 Å². The zero-order chi connectivity index (χ0) is 25.0. The summed E-state index contributed by atoms with van der Waals surface area (Å²) in [5.41, 5.74) is 10.7. The molecule has 0 aromatic heterocycles. The molecule has 14 heteroatoms. The zero-order valence-electron chi connectivity index (χ0n) is 17.9. The largest absolute Gasteiger partial charge is 0.481 e. The summed E-state index contributed by atoms with van der Waals surface area (Å²) < 4.78 is 0. The van der Waals surface area contributed by atoms with Gasteiger partial charge in [-0.25, -0.2) is 4.79 Å². The van der Waals surface area contributed by atoms with Crippen molar-refractivity contribution in [3.63, 3.8) is 0 Å². The molecule has 0 spiro atoms. The van der Waals surface area contributed by atoms with Crippen molar-refractivity contribution in [2.45, 2.75) is 63.7 Å². The molecule has 0 aliphatic rings. The Morgan fingerprint density at radius 2 is 1.38 bits per heavy atom. The van der Waals surface area contributed by atoms with E-state index < -0.39 is 78.7 Å². The lowest BCUT2D eigenvalue weighted by atomic mass is 10.0. The van der Waals surface area contributed by atoms with Crippen LogP contribution in [-0.2, 0) is 28.8 Å². The van der Waals surface area contributed by atoms with Gasteiger partial charge < -0.3 is 42.7 Å². The maximum atomic E-state index is 12.7. The van der Waals surface area contributed by atoms with E-state index in [9.17, 15) is 28.8 Å². The van der Waals surface area contributed by atoms with Crippen LogP contribution in [0.25, 0.3) is 0 Å². The van der Waals surface area contributed by atoms with Crippen LogP contribution in [0, 0.1) is 5.92 Å². The SMILES string of the molecule is CC(C)C(NC(=O)C(N)CCC(N)=O)C(=O)NC(CCC(=O)O)C(=O)NC(CO)C(=O)O. The maximum absolute atomic E-state index is 12.7. The molecule has 0 saturated carbocycles. The first kappa shape index (κ1) is 28.7. The average Bonchev–Trinajstić information content (AvgIpc) is 2.69. The summed E-state index contributed by atoms with van der Waals surface area (Å²) in [6.45, 7) is 2.27. The molecule has 182 valence electrons. The number of rotatable bonds is 15. The van der Waals surface area contributed by atoms with Crippen LogP contribution >= 0.6 is 0 Å². The number of hydrogen-bond acceptors (Lipinski definition) is 8. The number of aliphatic carboxylic acids is 2. The molecule has 14 nitrogen and oxygen atoms in total. The second kappa shape index (κ2) is 13.9. The summed E-state index contributed by atoms with van der Waals surface area (Å²) in [5, 5.41) is 33.6. The van der Waals surface area contributed by atoms with Crippen molar-refractivity contribution in [2.24, 2.45) is 17.4 Å². The third kappa shape index (κ3) is 10.7. The predicted octanol–water partition coefficient (Wildman–Crippen LogP) is -3.37. The second-order valence-corrected chi connectivity index (χ2v) is 7.42.